The van der Waals surface area contributed by atoms with Crippen molar-refractivity contribution in [2.75, 3.05) is 0 Å². The molecule has 0 spiro atoms. The minimum atomic E-state index is -0.412. The van der Waals surface area contributed by atoms with Gasteiger partial charge < -0.3 is 10.6 Å². The topological polar surface area (TPSA) is 88.9 Å². The van der Waals surface area contributed by atoms with Crippen LogP contribution in [0, 0.1) is 0 Å². The molecule has 1 unspecified atom stereocenters. The lowest BCUT2D eigenvalue weighted by Gasteiger charge is -2.11. The minimum absolute atomic E-state index is 0.0694. The van der Waals surface area contributed by atoms with E-state index >= 15 is 0 Å². The van der Waals surface area contributed by atoms with Gasteiger partial charge in [-0.05, 0) is 30.2 Å². The van der Waals surface area contributed by atoms with E-state index in [1.165, 1.54) is 0 Å². The van der Waals surface area contributed by atoms with Gasteiger partial charge in [0.1, 0.15) is 6.04 Å². The summed E-state index contributed by atoms with van der Waals surface area (Å²) in [5, 5.41) is 9.58. The zero-order chi connectivity index (χ0) is 14.7. The Morgan fingerprint density at radius 3 is 3.10 bits per heavy atom. The number of carbonyl (C=O) groups excluding carboxylic acids is 2. The van der Waals surface area contributed by atoms with Crippen molar-refractivity contribution in [3.05, 3.63) is 42.4 Å². The van der Waals surface area contributed by atoms with Crippen LogP contribution < -0.4 is 10.6 Å². The van der Waals surface area contributed by atoms with Crippen molar-refractivity contribution in [1.82, 2.24) is 25.4 Å². The fourth-order valence-electron chi connectivity index (χ4n) is 2.22. The van der Waals surface area contributed by atoms with Gasteiger partial charge in [0, 0.05) is 31.6 Å². The summed E-state index contributed by atoms with van der Waals surface area (Å²) in [6.45, 7) is 0.391. The highest BCUT2D eigenvalue weighted by molar-refractivity contribution is 5.90. The van der Waals surface area contributed by atoms with Crippen LogP contribution in [0.4, 0.5) is 0 Å². The predicted molar refractivity (Wildman–Crippen MR) is 74.4 cm³/mol. The third kappa shape index (κ3) is 3.07. The molecule has 0 radical (unpaired) electrons. The molecule has 0 bridgehead atoms. The summed E-state index contributed by atoms with van der Waals surface area (Å²) in [6, 6.07) is 5.10. The lowest BCUT2D eigenvalue weighted by Crippen LogP contribution is -2.41. The number of aromatic nitrogens is 3. The van der Waals surface area contributed by atoms with Gasteiger partial charge in [-0.3, -0.25) is 9.59 Å². The maximum atomic E-state index is 11.9. The molecular formula is C14H15N5O2. The van der Waals surface area contributed by atoms with Crippen molar-refractivity contribution in [2.24, 2.45) is 0 Å². The summed E-state index contributed by atoms with van der Waals surface area (Å²) in [6.07, 6.45) is 6.13. The number of pyridine rings is 1. The molecule has 2 N–H and O–H groups in total. The second-order valence-electron chi connectivity index (χ2n) is 4.85. The van der Waals surface area contributed by atoms with Crippen LogP contribution in [0.15, 0.2) is 36.8 Å². The molecule has 1 fully saturated rings. The van der Waals surface area contributed by atoms with Crippen LogP contribution in [-0.2, 0) is 16.1 Å². The third-order valence-corrected chi connectivity index (χ3v) is 3.33. The number of hydrogen-bond acceptors (Lipinski definition) is 4. The Morgan fingerprint density at radius 2 is 2.38 bits per heavy atom. The zero-order valence-electron chi connectivity index (χ0n) is 11.3. The van der Waals surface area contributed by atoms with Crippen molar-refractivity contribution >= 4 is 11.8 Å². The highest BCUT2D eigenvalue weighted by atomic mass is 16.2. The molecule has 3 rings (SSSR count). The third-order valence-electron chi connectivity index (χ3n) is 3.33. The Morgan fingerprint density at radius 1 is 1.48 bits per heavy atom. The number of nitrogens with one attached hydrogen (secondary N) is 2. The lowest BCUT2D eigenvalue weighted by molar-refractivity contribution is -0.125. The fraction of sp³-hybridized carbons (Fsp3) is 0.286. The van der Waals surface area contributed by atoms with Crippen LogP contribution >= 0.6 is 0 Å². The molecule has 7 nitrogen and oxygen atoms in total. The number of nitrogens with zero attached hydrogens (tertiary/aromatic N) is 3. The molecule has 2 amide bonds. The Balaban J connectivity index is 1.62. The maximum Gasteiger partial charge on any atom is 0.242 e. The molecule has 2 aromatic rings. The smallest absolute Gasteiger partial charge is 0.242 e. The van der Waals surface area contributed by atoms with Crippen LogP contribution in [0.5, 0.6) is 0 Å². The van der Waals surface area contributed by atoms with Crippen molar-refractivity contribution < 1.29 is 9.59 Å². The molecule has 21 heavy (non-hydrogen) atoms. The average Bonchev–Trinajstić information content (AvgIpc) is 3.16. The average molecular weight is 285 g/mol. The van der Waals surface area contributed by atoms with E-state index in [1.54, 1.807) is 23.3 Å². The zero-order valence-corrected chi connectivity index (χ0v) is 11.3. The van der Waals surface area contributed by atoms with Gasteiger partial charge in [0.25, 0.3) is 0 Å². The molecule has 3 heterocycles. The Hall–Kier alpha value is -2.70. The number of rotatable bonds is 4. The quantitative estimate of drug-likeness (QED) is 0.837. The standard InChI is InChI=1S/C14H15N5O2/c20-13-3-2-11(18-13)14(21)16-9-10-4-6-15-12(8-10)19-7-1-5-17-19/h1,4-8,11H,2-3,9H2,(H,16,21)(H,18,20). The second-order valence-corrected chi connectivity index (χ2v) is 4.85. The first kappa shape index (κ1) is 13.3. The summed E-state index contributed by atoms with van der Waals surface area (Å²) >= 11 is 0. The van der Waals surface area contributed by atoms with Crippen LogP contribution in [-0.4, -0.2) is 32.6 Å². The van der Waals surface area contributed by atoms with Crippen LogP contribution in [0.3, 0.4) is 0 Å². The maximum absolute atomic E-state index is 11.9. The summed E-state index contributed by atoms with van der Waals surface area (Å²) in [4.78, 5) is 27.2. The predicted octanol–water partition coefficient (Wildman–Crippen LogP) is 0.162. The second kappa shape index (κ2) is 5.74. The summed E-state index contributed by atoms with van der Waals surface area (Å²) in [5.41, 5.74) is 0.924. The Kier molecular flexibility index (Phi) is 3.63. The van der Waals surface area contributed by atoms with Crippen molar-refractivity contribution in [3.63, 3.8) is 0 Å². The molecule has 1 atom stereocenters. The normalized spacial score (nSPS) is 17.5. The van der Waals surface area contributed by atoms with Crippen LogP contribution in [0.1, 0.15) is 18.4 Å². The van der Waals surface area contributed by atoms with Gasteiger partial charge in [-0.15, -0.1) is 0 Å². The molecular weight excluding hydrogens is 270 g/mol. The van der Waals surface area contributed by atoms with Crippen LogP contribution in [0.2, 0.25) is 0 Å². The summed E-state index contributed by atoms with van der Waals surface area (Å²) < 4.78 is 1.66. The molecule has 0 saturated carbocycles. The van der Waals surface area contributed by atoms with E-state index in [0.29, 0.717) is 25.2 Å². The molecule has 1 saturated heterocycles. The van der Waals surface area contributed by atoms with E-state index in [0.717, 1.165) is 5.56 Å². The lowest BCUT2D eigenvalue weighted by atomic mass is 10.2. The summed E-state index contributed by atoms with van der Waals surface area (Å²) in [5.74, 6) is 0.472. The van der Waals surface area contributed by atoms with Gasteiger partial charge in [-0.2, -0.15) is 5.10 Å². The first-order valence-corrected chi connectivity index (χ1v) is 6.74. The molecule has 108 valence electrons. The Labute approximate surface area is 121 Å². The van der Waals surface area contributed by atoms with Gasteiger partial charge in [0.2, 0.25) is 11.8 Å². The number of amides is 2. The van der Waals surface area contributed by atoms with Crippen LogP contribution in [0.25, 0.3) is 5.82 Å². The van der Waals surface area contributed by atoms with Gasteiger partial charge in [-0.25, -0.2) is 9.67 Å². The molecule has 1 aliphatic heterocycles. The highest BCUT2D eigenvalue weighted by Crippen LogP contribution is 2.08. The first-order chi connectivity index (χ1) is 10.2. The number of carbonyl (C=O) groups is 2. The van der Waals surface area contributed by atoms with Gasteiger partial charge in [-0.1, -0.05) is 0 Å². The minimum Gasteiger partial charge on any atom is -0.350 e. The van der Waals surface area contributed by atoms with Crippen molar-refractivity contribution in [3.8, 4) is 5.82 Å². The van der Waals surface area contributed by atoms with E-state index in [-0.39, 0.29) is 11.8 Å². The fourth-order valence-corrected chi connectivity index (χ4v) is 2.22. The largest absolute Gasteiger partial charge is 0.350 e. The highest BCUT2D eigenvalue weighted by Gasteiger charge is 2.26. The molecule has 0 aliphatic carbocycles. The molecule has 2 aromatic heterocycles. The van der Waals surface area contributed by atoms with Gasteiger partial charge in [0.05, 0.1) is 0 Å². The monoisotopic (exact) mass is 285 g/mol. The summed E-state index contributed by atoms with van der Waals surface area (Å²) in [7, 11) is 0. The van der Waals surface area contributed by atoms with Crippen molar-refractivity contribution in [1.29, 1.82) is 0 Å². The Bertz CT molecular complexity index is 653. The van der Waals surface area contributed by atoms with Gasteiger partial charge >= 0.3 is 0 Å². The van der Waals surface area contributed by atoms with E-state index in [9.17, 15) is 9.59 Å². The van der Waals surface area contributed by atoms with E-state index in [2.05, 4.69) is 20.7 Å². The van der Waals surface area contributed by atoms with Crippen molar-refractivity contribution in [2.45, 2.75) is 25.4 Å². The SMILES string of the molecule is O=C1CCC(C(=O)NCc2ccnc(-n3cccn3)c2)N1. The first-order valence-electron chi connectivity index (χ1n) is 6.74. The van der Waals surface area contributed by atoms with E-state index in [1.807, 2.05) is 18.2 Å². The molecule has 0 aromatic carbocycles. The van der Waals surface area contributed by atoms with E-state index < -0.39 is 6.04 Å². The number of hydrogen-bond donors (Lipinski definition) is 2. The molecule has 1 aliphatic rings. The molecule has 7 heteroatoms. The van der Waals surface area contributed by atoms with E-state index in [4.69, 9.17) is 0 Å². The van der Waals surface area contributed by atoms with Gasteiger partial charge in [0.15, 0.2) is 5.82 Å².